The van der Waals surface area contributed by atoms with Crippen molar-refractivity contribution in [1.82, 2.24) is 4.90 Å². The maximum absolute atomic E-state index is 12.4. The van der Waals surface area contributed by atoms with Crippen LogP contribution in [0.3, 0.4) is 0 Å². The molecule has 1 fully saturated rings. The van der Waals surface area contributed by atoms with Crippen LogP contribution in [0.1, 0.15) is 28.8 Å². The third-order valence-corrected chi connectivity index (χ3v) is 5.03. The topological polar surface area (TPSA) is 20.3 Å². The minimum Gasteiger partial charge on any atom is -0.339 e. The van der Waals surface area contributed by atoms with Gasteiger partial charge in [-0.05, 0) is 53.2 Å². The van der Waals surface area contributed by atoms with E-state index in [1.165, 1.54) is 0 Å². The van der Waals surface area contributed by atoms with E-state index in [4.69, 9.17) is 11.6 Å². The fourth-order valence-corrected chi connectivity index (χ4v) is 3.02. The lowest BCUT2D eigenvalue weighted by Crippen LogP contribution is -2.39. The lowest BCUT2D eigenvalue weighted by Gasteiger charge is -2.31. The summed E-state index contributed by atoms with van der Waals surface area (Å²) in [6, 6.07) is 5.81. The molecule has 4 heteroatoms. The number of hydrogen-bond acceptors (Lipinski definition) is 1. The summed E-state index contributed by atoms with van der Waals surface area (Å²) >= 11 is 9.36. The van der Waals surface area contributed by atoms with Crippen LogP contribution in [0.2, 0.25) is 0 Å². The van der Waals surface area contributed by atoms with E-state index in [1.54, 1.807) is 0 Å². The maximum atomic E-state index is 12.4. The third kappa shape index (κ3) is 2.89. The van der Waals surface area contributed by atoms with Crippen molar-refractivity contribution in [2.75, 3.05) is 19.0 Å². The first-order valence-electron chi connectivity index (χ1n) is 6.24. The van der Waals surface area contributed by atoms with Crippen LogP contribution < -0.4 is 0 Å². The lowest BCUT2D eigenvalue weighted by atomic mass is 9.98. The summed E-state index contributed by atoms with van der Waals surface area (Å²) in [6.07, 6.45) is 2.03. The van der Waals surface area contributed by atoms with Gasteiger partial charge < -0.3 is 4.90 Å². The van der Waals surface area contributed by atoms with Crippen LogP contribution in [0.4, 0.5) is 0 Å². The van der Waals surface area contributed by atoms with Crippen molar-refractivity contribution in [1.29, 1.82) is 0 Å². The molecule has 0 radical (unpaired) electrons. The van der Waals surface area contributed by atoms with Gasteiger partial charge in [0.25, 0.3) is 5.91 Å². The smallest absolute Gasteiger partial charge is 0.255 e. The Morgan fingerprint density at radius 1 is 1.44 bits per heavy atom. The van der Waals surface area contributed by atoms with Crippen molar-refractivity contribution in [2.24, 2.45) is 5.92 Å². The number of nitrogens with zero attached hydrogens (tertiary/aromatic N) is 1. The summed E-state index contributed by atoms with van der Waals surface area (Å²) in [5.41, 5.74) is 1.86. The Morgan fingerprint density at radius 2 is 2.11 bits per heavy atom. The number of alkyl halides is 1. The highest BCUT2D eigenvalue weighted by Crippen LogP contribution is 2.25. The van der Waals surface area contributed by atoms with Crippen LogP contribution in [-0.4, -0.2) is 29.8 Å². The molecule has 0 unspecified atom stereocenters. The molecule has 18 heavy (non-hydrogen) atoms. The van der Waals surface area contributed by atoms with Crippen molar-refractivity contribution in [2.45, 2.75) is 19.8 Å². The molecule has 0 aromatic heterocycles. The van der Waals surface area contributed by atoms with Crippen molar-refractivity contribution >= 4 is 33.4 Å². The normalized spacial score (nSPS) is 16.9. The van der Waals surface area contributed by atoms with Crippen molar-refractivity contribution in [3.05, 3.63) is 33.8 Å². The second-order valence-corrected chi connectivity index (χ2v) is 5.93. The summed E-state index contributed by atoms with van der Waals surface area (Å²) in [4.78, 5) is 14.4. The molecule has 1 saturated heterocycles. The summed E-state index contributed by atoms with van der Waals surface area (Å²) < 4.78 is 0.912. The number of benzene rings is 1. The van der Waals surface area contributed by atoms with E-state index in [-0.39, 0.29) is 5.91 Å². The van der Waals surface area contributed by atoms with E-state index < -0.39 is 0 Å². The van der Waals surface area contributed by atoms with Crippen LogP contribution in [0.25, 0.3) is 0 Å². The molecule has 1 aliphatic heterocycles. The monoisotopic (exact) mass is 329 g/mol. The van der Waals surface area contributed by atoms with E-state index >= 15 is 0 Å². The first-order valence-corrected chi connectivity index (χ1v) is 7.56. The minimum atomic E-state index is 0.124. The molecule has 0 N–H and O–H groups in total. The van der Waals surface area contributed by atoms with Gasteiger partial charge in [0, 0.05) is 23.4 Å². The second kappa shape index (κ2) is 6.07. The number of likely N-dealkylation sites (tertiary alicyclic amines) is 1. The molecular weight excluding hydrogens is 314 g/mol. The van der Waals surface area contributed by atoms with E-state index in [9.17, 15) is 4.79 Å². The fourth-order valence-electron chi connectivity index (χ4n) is 2.27. The van der Waals surface area contributed by atoms with Gasteiger partial charge in [-0.3, -0.25) is 4.79 Å². The van der Waals surface area contributed by atoms with Gasteiger partial charge in [-0.1, -0.05) is 12.1 Å². The van der Waals surface area contributed by atoms with Gasteiger partial charge in [0.05, 0.1) is 5.56 Å². The molecule has 2 nitrogen and oxygen atoms in total. The molecule has 2 rings (SSSR count). The zero-order valence-corrected chi connectivity index (χ0v) is 12.8. The number of halogens is 2. The molecule has 1 aliphatic rings. The lowest BCUT2D eigenvalue weighted by molar-refractivity contribution is 0.0697. The predicted octanol–water partition coefficient (Wildman–Crippen LogP) is 3.85. The number of aryl methyl sites for hydroxylation is 1. The Morgan fingerprint density at radius 3 is 2.72 bits per heavy atom. The molecule has 0 spiro atoms. The number of rotatable bonds is 2. The summed E-state index contributed by atoms with van der Waals surface area (Å²) in [6.45, 7) is 3.63. The fraction of sp³-hybridized carbons (Fsp3) is 0.500. The first-order chi connectivity index (χ1) is 8.63. The highest BCUT2D eigenvalue weighted by molar-refractivity contribution is 9.10. The van der Waals surface area contributed by atoms with E-state index in [0.29, 0.717) is 11.8 Å². The number of carbonyl (C=O) groups is 1. The van der Waals surface area contributed by atoms with Gasteiger partial charge in [0.15, 0.2) is 0 Å². The van der Waals surface area contributed by atoms with Gasteiger partial charge in [0.2, 0.25) is 0 Å². The Balaban J connectivity index is 2.10. The number of piperidine rings is 1. The van der Waals surface area contributed by atoms with Gasteiger partial charge >= 0.3 is 0 Å². The van der Waals surface area contributed by atoms with Crippen molar-refractivity contribution < 1.29 is 4.79 Å². The van der Waals surface area contributed by atoms with E-state index in [0.717, 1.165) is 41.5 Å². The third-order valence-electron chi connectivity index (χ3n) is 3.54. The molecule has 0 aliphatic carbocycles. The van der Waals surface area contributed by atoms with Crippen LogP contribution in [0.5, 0.6) is 0 Å². The molecular formula is C14H17BrClNO. The molecule has 0 bridgehead atoms. The zero-order chi connectivity index (χ0) is 13.1. The molecule has 1 aromatic rings. The second-order valence-electron chi connectivity index (χ2n) is 4.83. The number of carbonyl (C=O) groups excluding carboxylic acids is 1. The quantitative estimate of drug-likeness (QED) is 0.754. The highest BCUT2D eigenvalue weighted by Gasteiger charge is 2.24. The largest absolute Gasteiger partial charge is 0.339 e. The minimum absolute atomic E-state index is 0.124. The highest BCUT2D eigenvalue weighted by atomic mass is 79.9. The van der Waals surface area contributed by atoms with Gasteiger partial charge in [-0.15, -0.1) is 11.6 Å². The van der Waals surface area contributed by atoms with E-state index in [2.05, 4.69) is 15.9 Å². The molecule has 1 amide bonds. The molecule has 1 heterocycles. The average molecular weight is 331 g/mol. The summed E-state index contributed by atoms with van der Waals surface area (Å²) in [5, 5.41) is 0. The predicted molar refractivity (Wildman–Crippen MR) is 78.2 cm³/mol. The number of amides is 1. The SMILES string of the molecule is Cc1cccc(C(=O)N2CCC(CCl)CC2)c1Br. The first kappa shape index (κ1) is 13.9. The van der Waals surface area contributed by atoms with Crippen LogP contribution in [0.15, 0.2) is 22.7 Å². The Bertz CT molecular complexity index is 441. The molecule has 0 saturated carbocycles. The zero-order valence-electron chi connectivity index (χ0n) is 10.5. The number of hydrogen-bond donors (Lipinski definition) is 0. The van der Waals surface area contributed by atoms with Crippen molar-refractivity contribution in [3.8, 4) is 0 Å². The van der Waals surface area contributed by atoms with E-state index in [1.807, 2.05) is 30.0 Å². The molecule has 0 atom stereocenters. The Labute approximate surface area is 121 Å². The van der Waals surface area contributed by atoms with Crippen LogP contribution in [-0.2, 0) is 0 Å². The summed E-state index contributed by atoms with van der Waals surface area (Å²) in [5.74, 6) is 1.39. The van der Waals surface area contributed by atoms with Crippen molar-refractivity contribution in [3.63, 3.8) is 0 Å². The molecule has 1 aromatic carbocycles. The van der Waals surface area contributed by atoms with Gasteiger partial charge in [-0.25, -0.2) is 0 Å². The van der Waals surface area contributed by atoms with Gasteiger partial charge in [0.1, 0.15) is 0 Å². The molecule has 98 valence electrons. The van der Waals surface area contributed by atoms with Crippen LogP contribution >= 0.6 is 27.5 Å². The van der Waals surface area contributed by atoms with Crippen LogP contribution in [0, 0.1) is 12.8 Å². The Kier molecular flexibility index (Phi) is 4.68. The Hall–Kier alpha value is -0.540. The average Bonchev–Trinajstić information content (AvgIpc) is 2.41. The summed E-state index contributed by atoms with van der Waals surface area (Å²) in [7, 11) is 0. The van der Waals surface area contributed by atoms with Gasteiger partial charge in [-0.2, -0.15) is 0 Å². The maximum Gasteiger partial charge on any atom is 0.255 e. The standard InChI is InChI=1S/C14H17BrClNO/c1-10-3-2-4-12(13(10)15)14(18)17-7-5-11(9-16)6-8-17/h2-4,11H,5-9H2,1H3.